The lowest BCUT2D eigenvalue weighted by atomic mass is 11.8. The topological polar surface area (TPSA) is 102 Å². The minimum atomic E-state index is -3.40. The second kappa shape index (κ2) is 12.2. The quantitative estimate of drug-likeness (QED) is 0.293. The summed E-state index contributed by atoms with van der Waals surface area (Å²) >= 11 is 0. The molecule has 0 saturated heterocycles. The maximum Gasteiger partial charge on any atom is 0.504 e. The van der Waals surface area contributed by atoms with Gasteiger partial charge in [-0.2, -0.15) is 0 Å². The smallest absolute Gasteiger partial charge is 0.377 e. The number of hydrogen-bond acceptors (Lipinski definition) is 11. The SMILES string of the molecule is CO[Si](C[Si](OC)(OC)O[Si](C[Si](OC)(OC)OC)(OC)OC)(OC)OC. The molecule has 0 heterocycles. The van der Waals surface area contributed by atoms with Gasteiger partial charge in [0.2, 0.25) is 0 Å². The Morgan fingerprint density at radius 3 is 0.667 bits per heavy atom. The summed E-state index contributed by atoms with van der Waals surface area (Å²) in [6.07, 6.45) is 0. The normalized spacial score (nSPS) is 14.0. The van der Waals surface area contributed by atoms with Gasteiger partial charge in [-0.3, -0.25) is 0 Å². The van der Waals surface area contributed by atoms with Crippen LogP contribution >= 0.6 is 0 Å². The zero-order valence-corrected chi connectivity index (χ0v) is 21.9. The van der Waals surface area contributed by atoms with E-state index in [2.05, 4.69) is 0 Å². The van der Waals surface area contributed by atoms with Crippen molar-refractivity contribution >= 4 is 35.2 Å². The van der Waals surface area contributed by atoms with E-state index in [0.717, 1.165) is 0 Å². The van der Waals surface area contributed by atoms with Crippen LogP contribution in [0.2, 0.25) is 11.3 Å². The molecular weight excluding hydrogens is 432 g/mol. The molecule has 0 aromatic heterocycles. The monoisotopic (exact) mass is 466 g/mol. The van der Waals surface area contributed by atoms with Crippen molar-refractivity contribution in [3.05, 3.63) is 0 Å². The van der Waals surface area contributed by atoms with Crippen LogP contribution in [0, 0.1) is 0 Å². The molecule has 27 heavy (non-hydrogen) atoms. The highest BCUT2D eigenvalue weighted by atomic mass is 28.5. The molecule has 0 aromatic rings. The molecule has 11 nitrogen and oxygen atoms in total. The summed E-state index contributed by atoms with van der Waals surface area (Å²) in [6.45, 7) is 0. The predicted molar refractivity (Wildman–Crippen MR) is 104 cm³/mol. The summed E-state index contributed by atoms with van der Waals surface area (Å²) in [7, 11) is 1.94. The lowest BCUT2D eigenvalue weighted by molar-refractivity contribution is 0.0720. The van der Waals surface area contributed by atoms with Crippen LogP contribution in [0.25, 0.3) is 0 Å². The Kier molecular flexibility index (Phi) is 12.4. The minimum Gasteiger partial charge on any atom is -0.377 e. The van der Waals surface area contributed by atoms with Crippen molar-refractivity contribution in [2.75, 3.05) is 71.1 Å². The van der Waals surface area contributed by atoms with Crippen LogP contribution in [0.1, 0.15) is 0 Å². The second-order valence-corrected chi connectivity index (χ2v) is 18.4. The first-order valence-corrected chi connectivity index (χ1v) is 15.7. The molecular formula is C12H34O11Si4. The van der Waals surface area contributed by atoms with Crippen LogP contribution in [0.4, 0.5) is 0 Å². The van der Waals surface area contributed by atoms with Gasteiger partial charge < -0.3 is 48.4 Å². The fourth-order valence-electron chi connectivity index (χ4n) is 2.39. The summed E-state index contributed by atoms with van der Waals surface area (Å²) < 4.78 is 62.0. The molecule has 0 bridgehead atoms. The van der Waals surface area contributed by atoms with Crippen LogP contribution < -0.4 is 0 Å². The van der Waals surface area contributed by atoms with Gasteiger partial charge in [0.25, 0.3) is 0 Å². The van der Waals surface area contributed by atoms with Crippen molar-refractivity contribution in [2.24, 2.45) is 0 Å². The highest BCUT2D eigenvalue weighted by Crippen LogP contribution is 2.32. The Balaban J connectivity index is 5.93. The molecule has 0 aliphatic rings. The summed E-state index contributed by atoms with van der Waals surface area (Å²) in [5, 5.41) is 0. The highest BCUT2D eigenvalue weighted by molar-refractivity contribution is 6.88. The third kappa shape index (κ3) is 6.72. The average molecular weight is 467 g/mol. The summed E-state index contributed by atoms with van der Waals surface area (Å²) in [5.74, 6) is 0. The van der Waals surface area contributed by atoms with Crippen LogP contribution in [0.15, 0.2) is 0 Å². The van der Waals surface area contributed by atoms with Gasteiger partial charge in [0, 0.05) is 71.1 Å². The van der Waals surface area contributed by atoms with Crippen molar-refractivity contribution in [3.8, 4) is 0 Å². The van der Waals surface area contributed by atoms with Crippen molar-refractivity contribution < 1.29 is 48.4 Å². The lowest BCUT2D eigenvalue weighted by Crippen LogP contribution is -2.65. The average Bonchev–Trinajstić information content (AvgIpc) is 2.74. The standard InChI is InChI=1S/C12H34O11Si4/c1-13-24(14-2,15-3)11-26(19-7,20-8)23-27(21-9,22-10)12-25(16-4,17-5)18-6/h11-12H2,1-10H3. The van der Waals surface area contributed by atoms with Crippen molar-refractivity contribution in [1.29, 1.82) is 0 Å². The summed E-state index contributed by atoms with van der Waals surface area (Å²) in [5.41, 5.74) is 0.305. The molecule has 0 rings (SSSR count). The first-order valence-electron chi connectivity index (χ1n) is 7.95. The van der Waals surface area contributed by atoms with Gasteiger partial charge in [-0.05, 0) is 0 Å². The van der Waals surface area contributed by atoms with E-state index in [4.69, 9.17) is 48.4 Å². The Hall–Kier alpha value is 0.428. The van der Waals surface area contributed by atoms with E-state index >= 15 is 0 Å². The third-order valence-electron chi connectivity index (χ3n) is 4.29. The minimum absolute atomic E-state index is 0.152. The zero-order valence-electron chi connectivity index (χ0n) is 17.9. The van der Waals surface area contributed by atoms with Gasteiger partial charge in [0.05, 0.1) is 11.3 Å². The van der Waals surface area contributed by atoms with Gasteiger partial charge >= 0.3 is 35.2 Å². The molecule has 0 saturated carbocycles. The van der Waals surface area contributed by atoms with Gasteiger partial charge in [-0.25, -0.2) is 0 Å². The Bertz CT molecular complexity index is 348. The zero-order chi connectivity index (χ0) is 21.2. The van der Waals surface area contributed by atoms with Crippen LogP contribution in [-0.4, -0.2) is 106 Å². The molecule has 164 valence electrons. The van der Waals surface area contributed by atoms with E-state index in [0.29, 0.717) is 0 Å². The fraction of sp³-hybridized carbons (Fsp3) is 1.00. The Labute approximate surface area is 166 Å². The molecule has 0 aliphatic heterocycles. The number of hydrogen-bond donors (Lipinski definition) is 0. The molecule has 0 unspecified atom stereocenters. The van der Waals surface area contributed by atoms with Gasteiger partial charge in [0.1, 0.15) is 0 Å². The van der Waals surface area contributed by atoms with Crippen molar-refractivity contribution in [3.63, 3.8) is 0 Å². The maximum absolute atomic E-state index is 6.32. The summed E-state index contributed by atoms with van der Waals surface area (Å²) in [6, 6.07) is 0. The van der Waals surface area contributed by atoms with E-state index in [1.54, 1.807) is 0 Å². The molecule has 0 radical (unpaired) electrons. The highest BCUT2D eigenvalue weighted by Gasteiger charge is 2.63. The molecule has 0 amide bonds. The molecule has 0 atom stereocenters. The van der Waals surface area contributed by atoms with Crippen molar-refractivity contribution in [2.45, 2.75) is 11.3 Å². The Morgan fingerprint density at radius 2 is 0.519 bits per heavy atom. The van der Waals surface area contributed by atoms with Crippen molar-refractivity contribution in [1.82, 2.24) is 0 Å². The second-order valence-electron chi connectivity index (χ2n) is 5.23. The molecule has 0 spiro atoms. The van der Waals surface area contributed by atoms with E-state index in [9.17, 15) is 0 Å². The van der Waals surface area contributed by atoms with Crippen LogP contribution in [-0.2, 0) is 48.4 Å². The van der Waals surface area contributed by atoms with Gasteiger partial charge in [-0.15, -0.1) is 0 Å². The molecule has 15 heteroatoms. The molecule has 0 aromatic carbocycles. The van der Waals surface area contributed by atoms with Crippen LogP contribution in [0.5, 0.6) is 0 Å². The molecule has 0 aliphatic carbocycles. The first kappa shape index (κ1) is 27.4. The van der Waals surface area contributed by atoms with Gasteiger partial charge in [0.15, 0.2) is 0 Å². The lowest BCUT2D eigenvalue weighted by Gasteiger charge is -2.39. The largest absolute Gasteiger partial charge is 0.504 e. The third-order valence-corrected chi connectivity index (χ3v) is 19.9. The summed E-state index contributed by atoms with van der Waals surface area (Å²) in [4.78, 5) is 0. The molecule has 0 fully saturated rings. The van der Waals surface area contributed by atoms with Gasteiger partial charge in [-0.1, -0.05) is 0 Å². The van der Waals surface area contributed by atoms with Crippen LogP contribution in [0.3, 0.4) is 0 Å². The Morgan fingerprint density at radius 1 is 0.333 bits per heavy atom. The first-order chi connectivity index (χ1) is 12.7. The number of rotatable bonds is 16. The fourth-order valence-corrected chi connectivity index (χ4v) is 18.8. The van der Waals surface area contributed by atoms with E-state index in [-0.39, 0.29) is 11.3 Å². The molecule has 0 N–H and O–H groups in total. The maximum atomic E-state index is 6.32. The van der Waals surface area contributed by atoms with E-state index in [1.165, 1.54) is 71.1 Å². The van der Waals surface area contributed by atoms with E-state index in [1.807, 2.05) is 0 Å². The predicted octanol–water partition coefficient (Wildman–Crippen LogP) is 0.301. The van der Waals surface area contributed by atoms with E-state index < -0.39 is 35.2 Å².